The molecular weight excluding hydrogens is 434 g/mol. The molecule has 1 aliphatic rings. The standard InChI is InChI=1S/C26H29N3O3S/c1-32-25-13-12-21(16-29(25)31)26(30)28(17-22-14-23(33)15-27-22)18-24(19-8-4-2-5-9-19)20-10-6-3-7-11-20/h2-13,16,22-24,27,33H,14-15,17-18H2,1H3/t22-,23-/m0/s1. The number of hydrogen-bond acceptors (Lipinski definition) is 5. The molecule has 0 unspecified atom stereocenters. The molecule has 0 spiro atoms. The van der Waals surface area contributed by atoms with Gasteiger partial charge in [0.05, 0.1) is 13.2 Å². The number of hydrogen-bond donors (Lipinski definition) is 2. The van der Waals surface area contributed by atoms with Gasteiger partial charge in [0.15, 0.2) is 6.20 Å². The van der Waals surface area contributed by atoms with Crippen LogP contribution in [0.4, 0.5) is 0 Å². The highest BCUT2D eigenvalue weighted by molar-refractivity contribution is 7.81. The molecule has 0 radical (unpaired) electrons. The topological polar surface area (TPSA) is 68.5 Å². The summed E-state index contributed by atoms with van der Waals surface area (Å²) in [5, 5.41) is 16.0. The SMILES string of the molecule is COc1ccc(C(=O)N(CC(c2ccccc2)c2ccccc2)C[C@@H]2C[C@H](S)CN2)c[n+]1[O-]. The summed E-state index contributed by atoms with van der Waals surface area (Å²) < 4.78 is 5.64. The number of pyridine rings is 1. The Morgan fingerprint density at radius 1 is 1.12 bits per heavy atom. The maximum atomic E-state index is 13.7. The number of benzene rings is 2. The van der Waals surface area contributed by atoms with E-state index in [9.17, 15) is 10.0 Å². The van der Waals surface area contributed by atoms with E-state index in [0.29, 0.717) is 23.4 Å². The van der Waals surface area contributed by atoms with Crippen molar-refractivity contribution in [2.45, 2.75) is 23.6 Å². The van der Waals surface area contributed by atoms with Crippen LogP contribution in [0.2, 0.25) is 0 Å². The Kier molecular flexibility index (Phi) is 7.52. The lowest BCUT2D eigenvalue weighted by atomic mass is 9.90. The van der Waals surface area contributed by atoms with Gasteiger partial charge in [-0.3, -0.25) is 4.79 Å². The molecule has 6 nitrogen and oxygen atoms in total. The van der Waals surface area contributed by atoms with Crippen LogP contribution >= 0.6 is 12.6 Å². The van der Waals surface area contributed by atoms with Crippen LogP contribution in [0.5, 0.6) is 5.88 Å². The van der Waals surface area contributed by atoms with E-state index < -0.39 is 0 Å². The van der Waals surface area contributed by atoms with E-state index in [1.165, 1.54) is 19.4 Å². The van der Waals surface area contributed by atoms with Crippen molar-refractivity contribution in [1.82, 2.24) is 10.2 Å². The van der Waals surface area contributed by atoms with Gasteiger partial charge in [0, 0.05) is 36.8 Å². The lowest BCUT2D eigenvalue weighted by Gasteiger charge is -2.30. The van der Waals surface area contributed by atoms with Gasteiger partial charge in [-0.25, -0.2) is 0 Å². The first-order valence-corrected chi connectivity index (χ1v) is 11.6. The quantitative estimate of drug-likeness (QED) is 0.306. The molecule has 3 aromatic rings. The minimum atomic E-state index is -0.177. The van der Waals surface area contributed by atoms with Crippen LogP contribution in [0.25, 0.3) is 0 Å². The van der Waals surface area contributed by atoms with Crippen molar-refractivity contribution in [2.24, 2.45) is 0 Å². The van der Waals surface area contributed by atoms with Gasteiger partial charge in [-0.2, -0.15) is 12.6 Å². The van der Waals surface area contributed by atoms with Crippen molar-refractivity contribution in [3.63, 3.8) is 0 Å². The summed E-state index contributed by atoms with van der Waals surface area (Å²) in [5.74, 6) is -0.0226. The lowest BCUT2D eigenvalue weighted by Crippen LogP contribution is -2.44. The predicted octanol–water partition coefficient (Wildman–Crippen LogP) is 3.26. The highest BCUT2D eigenvalue weighted by atomic mass is 32.1. The molecular formula is C26H29N3O3S. The largest absolute Gasteiger partial charge is 0.616 e. The fourth-order valence-electron chi connectivity index (χ4n) is 4.37. The van der Waals surface area contributed by atoms with Crippen LogP contribution in [0.15, 0.2) is 79.0 Å². The van der Waals surface area contributed by atoms with Crippen molar-refractivity contribution in [3.05, 3.63) is 101 Å². The van der Waals surface area contributed by atoms with Crippen LogP contribution < -0.4 is 14.8 Å². The first-order valence-electron chi connectivity index (χ1n) is 11.1. The molecule has 0 bridgehead atoms. The van der Waals surface area contributed by atoms with Gasteiger partial charge in [-0.15, -0.1) is 4.73 Å². The Morgan fingerprint density at radius 2 is 1.76 bits per heavy atom. The van der Waals surface area contributed by atoms with Gasteiger partial charge in [0.1, 0.15) is 5.56 Å². The Bertz CT molecular complexity index is 1030. The molecule has 4 rings (SSSR count). The second kappa shape index (κ2) is 10.7. The van der Waals surface area contributed by atoms with Crippen LogP contribution in [-0.4, -0.2) is 48.8 Å². The molecule has 1 N–H and O–H groups in total. The van der Waals surface area contributed by atoms with E-state index in [4.69, 9.17) is 4.74 Å². The minimum Gasteiger partial charge on any atom is -0.616 e. The molecule has 7 heteroatoms. The Hall–Kier alpha value is -3.03. The zero-order valence-corrected chi connectivity index (χ0v) is 19.5. The maximum absolute atomic E-state index is 13.7. The van der Waals surface area contributed by atoms with Crippen LogP contribution in [0, 0.1) is 5.21 Å². The van der Waals surface area contributed by atoms with Crippen LogP contribution in [0.3, 0.4) is 0 Å². The predicted molar refractivity (Wildman–Crippen MR) is 132 cm³/mol. The summed E-state index contributed by atoms with van der Waals surface area (Å²) >= 11 is 4.59. The molecule has 2 heterocycles. The number of nitrogens with zero attached hydrogens (tertiary/aromatic N) is 2. The van der Waals surface area contributed by atoms with Gasteiger partial charge < -0.3 is 20.2 Å². The number of rotatable bonds is 8. The molecule has 0 aliphatic carbocycles. The third-order valence-electron chi connectivity index (χ3n) is 6.07. The Morgan fingerprint density at radius 3 is 2.27 bits per heavy atom. The molecule has 1 aliphatic heterocycles. The number of aromatic nitrogens is 1. The molecule has 1 fully saturated rings. The van der Waals surface area contributed by atoms with Crippen LogP contribution in [-0.2, 0) is 0 Å². The number of nitrogens with one attached hydrogen (secondary N) is 1. The van der Waals surface area contributed by atoms with Crippen molar-refractivity contribution >= 4 is 18.5 Å². The van der Waals surface area contributed by atoms with Crippen molar-refractivity contribution in [1.29, 1.82) is 0 Å². The van der Waals surface area contributed by atoms with Gasteiger partial charge in [-0.05, 0) is 23.6 Å². The van der Waals surface area contributed by atoms with E-state index in [1.807, 2.05) is 41.3 Å². The summed E-state index contributed by atoms with van der Waals surface area (Å²) in [7, 11) is 1.43. The number of amides is 1. The van der Waals surface area contributed by atoms with E-state index in [1.54, 1.807) is 6.07 Å². The zero-order chi connectivity index (χ0) is 23.2. The smallest absolute Gasteiger partial charge is 0.379 e. The van der Waals surface area contributed by atoms with Crippen LogP contribution in [0.1, 0.15) is 33.8 Å². The van der Waals surface area contributed by atoms with Gasteiger partial charge in [-0.1, -0.05) is 60.7 Å². The minimum absolute atomic E-state index is 0.00201. The van der Waals surface area contributed by atoms with Gasteiger partial charge in [0.25, 0.3) is 5.91 Å². The fraction of sp³-hybridized carbons (Fsp3) is 0.308. The summed E-state index contributed by atoms with van der Waals surface area (Å²) in [4.78, 5) is 15.5. The third-order valence-corrected chi connectivity index (χ3v) is 6.46. The van der Waals surface area contributed by atoms with E-state index in [2.05, 4.69) is 42.2 Å². The molecule has 0 saturated carbocycles. The second-order valence-corrected chi connectivity index (χ2v) is 9.10. The highest BCUT2D eigenvalue weighted by Gasteiger charge is 2.29. The van der Waals surface area contributed by atoms with E-state index >= 15 is 0 Å². The Labute approximate surface area is 200 Å². The lowest BCUT2D eigenvalue weighted by molar-refractivity contribution is -0.612. The second-order valence-electron chi connectivity index (χ2n) is 8.36. The summed E-state index contributed by atoms with van der Waals surface area (Å²) in [6.45, 7) is 1.85. The normalized spacial score (nSPS) is 17.8. The fourth-order valence-corrected chi connectivity index (χ4v) is 4.73. The molecule has 33 heavy (non-hydrogen) atoms. The number of thiol groups is 1. The number of carbonyl (C=O) groups excluding carboxylic acids is 1. The van der Waals surface area contributed by atoms with E-state index in [0.717, 1.165) is 24.1 Å². The first kappa shape index (κ1) is 23.1. The van der Waals surface area contributed by atoms with Gasteiger partial charge in [0.2, 0.25) is 0 Å². The van der Waals surface area contributed by atoms with E-state index in [-0.39, 0.29) is 29.0 Å². The average molecular weight is 464 g/mol. The van der Waals surface area contributed by atoms with Crippen molar-refractivity contribution in [2.75, 3.05) is 26.7 Å². The summed E-state index contributed by atoms with van der Waals surface area (Å²) in [6, 6.07) is 23.8. The molecule has 1 amide bonds. The summed E-state index contributed by atoms with van der Waals surface area (Å²) in [5.41, 5.74) is 2.62. The number of ether oxygens (including phenoxy) is 1. The molecule has 2 aromatic carbocycles. The Balaban J connectivity index is 1.67. The zero-order valence-electron chi connectivity index (χ0n) is 18.6. The molecule has 2 atom stereocenters. The number of carbonyl (C=O) groups is 1. The van der Waals surface area contributed by atoms with Crippen molar-refractivity contribution in [3.8, 4) is 5.88 Å². The third kappa shape index (κ3) is 5.67. The molecule has 1 aromatic heterocycles. The number of methoxy groups -OCH3 is 1. The van der Waals surface area contributed by atoms with Crippen molar-refractivity contribution < 1.29 is 14.3 Å². The average Bonchev–Trinajstić information content (AvgIpc) is 3.26. The summed E-state index contributed by atoms with van der Waals surface area (Å²) in [6.07, 6.45) is 2.18. The van der Waals surface area contributed by atoms with Gasteiger partial charge >= 0.3 is 5.88 Å². The molecule has 172 valence electrons. The maximum Gasteiger partial charge on any atom is 0.379 e. The highest BCUT2D eigenvalue weighted by Crippen LogP contribution is 2.27. The first-order chi connectivity index (χ1) is 16.0. The molecule has 1 saturated heterocycles. The monoisotopic (exact) mass is 463 g/mol.